The van der Waals surface area contributed by atoms with Crippen LogP contribution in [0.4, 0.5) is 0 Å². The maximum atomic E-state index is 4.35. The minimum absolute atomic E-state index is 0.214. The lowest BCUT2D eigenvalue weighted by atomic mass is 10.1. The minimum Gasteiger partial charge on any atom is -0.314 e. The topological polar surface area (TPSA) is 42.7 Å². The maximum absolute atomic E-state index is 4.35. The average molecular weight is 270 g/mol. The molecular weight excluding hydrogens is 248 g/mol. The van der Waals surface area contributed by atoms with E-state index in [0.29, 0.717) is 6.04 Å². The second kappa shape index (κ2) is 5.37. The van der Waals surface area contributed by atoms with E-state index < -0.39 is 0 Å². The molecule has 2 unspecified atom stereocenters. The van der Waals surface area contributed by atoms with Gasteiger partial charge in [0.25, 0.3) is 0 Å². The Hall–Kier alpha value is -1.68. The number of aromatic nitrogens is 3. The predicted octanol–water partition coefficient (Wildman–Crippen LogP) is 2.94. The van der Waals surface area contributed by atoms with Gasteiger partial charge in [-0.1, -0.05) is 29.8 Å². The monoisotopic (exact) mass is 270 g/mol. The van der Waals surface area contributed by atoms with E-state index in [1.54, 1.807) is 0 Å². The van der Waals surface area contributed by atoms with Gasteiger partial charge in [0, 0.05) is 19.0 Å². The van der Waals surface area contributed by atoms with Crippen LogP contribution in [0.3, 0.4) is 0 Å². The number of nitrogens with one attached hydrogen (secondary N) is 1. The summed E-state index contributed by atoms with van der Waals surface area (Å²) < 4.78 is 2.26. The lowest BCUT2D eigenvalue weighted by Crippen LogP contribution is -2.25. The molecule has 1 N–H and O–H groups in total. The van der Waals surface area contributed by atoms with Gasteiger partial charge in [0.05, 0.1) is 6.04 Å². The molecule has 0 spiro atoms. The van der Waals surface area contributed by atoms with E-state index in [9.17, 15) is 0 Å². The van der Waals surface area contributed by atoms with E-state index in [0.717, 1.165) is 24.6 Å². The van der Waals surface area contributed by atoms with Gasteiger partial charge < -0.3 is 9.88 Å². The van der Waals surface area contributed by atoms with Crippen molar-refractivity contribution in [1.82, 2.24) is 20.1 Å². The molecule has 1 aliphatic rings. The predicted molar refractivity (Wildman–Crippen MR) is 79.5 cm³/mol. The Kier molecular flexibility index (Phi) is 3.57. The van der Waals surface area contributed by atoms with Crippen LogP contribution in [0.2, 0.25) is 0 Å². The Bertz CT molecular complexity index is 585. The van der Waals surface area contributed by atoms with Gasteiger partial charge in [-0.3, -0.25) is 0 Å². The van der Waals surface area contributed by atoms with Crippen LogP contribution in [-0.2, 0) is 13.0 Å². The zero-order chi connectivity index (χ0) is 14.1. The molecule has 2 atom stereocenters. The van der Waals surface area contributed by atoms with Crippen LogP contribution >= 0.6 is 0 Å². The van der Waals surface area contributed by atoms with Gasteiger partial charge in [-0.15, -0.1) is 10.2 Å². The Balaban J connectivity index is 1.72. The smallest absolute Gasteiger partial charge is 0.149 e. The normalized spacial score (nSPS) is 16.9. The summed E-state index contributed by atoms with van der Waals surface area (Å²) in [4.78, 5) is 0. The van der Waals surface area contributed by atoms with Crippen molar-refractivity contribution in [2.24, 2.45) is 0 Å². The number of hydrogen-bond acceptors (Lipinski definition) is 3. The van der Waals surface area contributed by atoms with Crippen LogP contribution < -0.4 is 5.32 Å². The molecule has 4 nitrogen and oxygen atoms in total. The third kappa shape index (κ3) is 2.48. The standard InChI is InChI=1S/C16H22N4/c1-11-6-8-14(9-7-11)12(2)17-13(3)16-19-18-15-5-4-10-20(15)16/h6-9,12-13,17H,4-5,10H2,1-3H3. The molecule has 4 heteroatoms. The highest BCUT2D eigenvalue weighted by atomic mass is 15.3. The molecular formula is C16H22N4. The Labute approximate surface area is 120 Å². The number of rotatable bonds is 4. The first-order valence-electron chi connectivity index (χ1n) is 7.39. The van der Waals surface area contributed by atoms with Gasteiger partial charge >= 0.3 is 0 Å². The van der Waals surface area contributed by atoms with Crippen LogP contribution in [-0.4, -0.2) is 14.8 Å². The molecule has 0 radical (unpaired) electrons. The van der Waals surface area contributed by atoms with Gasteiger partial charge in [0.2, 0.25) is 0 Å². The molecule has 3 rings (SSSR count). The fourth-order valence-corrected chi connectivity index (χ4v) is 2.89. The summed E-state index contributed by atoms with van der Waals surface area (Å²) >= 11 is 0. The molecule has 106 valence electrons. The van der Waals surface area contributed by atoms with Crippen molar-refractivity contribution in [3.8, 4) is 0 Å². The number of nitrogens with zero attached hydrogens (tertiary/aromatic N) is 3. The fourth-order valence-electron chi connectivity index (χ4n) is 2.89. The molecule has 0 aliphatic carbocycles. The SMILES string of the molecule is Cc1ccc(C(C)NC(C)c2nnc3n2CCC3)cc1. The number of hydrogen-bond donors (Lipinski definition) is 1. The molecule has 1 aromatic carbocycles. The van der Waals surface area contributed by atoms with Crippen molar-refractivity contribution in [3.05, 3.63) is 47.0 Å². The quantitative estimate of drug-likeness (QED) is 0.929. The zero-order valence-electron chi connectivity index (χ0n) is 12.4. The van der Waals surface area contributed by atoms with Crippen LogP contribution in [0.1, 0.15) is 55.1 Å². The zero-order valence-corrected chi connectivity index (χ0v) is 12.4. The molecule has 0 fully saturated rings. The summed E-state index contributed by atoms with van der Waals surface area (Å²) in [7, 11) is 0. The van der Waals surface area contributed by atoms with Gasteiger partial charge in [0.1, 0.15) is 11.6 Å². The Morgan fingerprint density at radius 2 is 1.85 bits per heavy atom. The third-order valence-electron chi connectivity index (χ3n) is 4.10. The van der Waals surface area contributed by atoms with E-state index in [-0.39, 0.29) is 6.04 Å². The first kappa shape index (κ1) is 13.3. The Morgan fingerprint density at radius 3 is 2.60 bits per heavy atom. The number of fused-ring (bicyclic) bond motifs is 1. The average Bonchev–Trinajstić information content (AvgIpc) is 3.01. The summed E-state index contributed by atoms with van der Waals surface area (Å²) in [5, 5.41) is 12.3. The van der Waals surface area contributed by atoms with Crippen LogP contribution in [0.15, 0.2) is 24.3 Å². The summed E-state index contributed by atoms with van der Waals surface area (Å²) in [6, 6.07) is 9.22. The fraction of sp³-hybridized carbons (Fsp3) is 0.500. The van der Waals surface area contributed by atoms with Gasteiger partial charge in [-0.25, -0.2) is 0 Å². The largest absolute Gasteiger partial charge is 0.314 e. The summed E-state index contributed by atoms with van der Waals surface area (Å²) in [5.74, 6) is 2.20. The summed E-state index contributed by atoms with van der Waals surface area (Å²) in [6.45, 7) is 7.54. The second-order valence-corrected chi connectivity index (χ2v) is 5.75. The highest BCUT2D eigenvalue weighted by Gasteiger charge is 2.22. The van der Waals surface area contributed by atoms with Crippen molar-refractivity contribution in [3.63, 3.8) is 0 Å². The minimum atomic E-state index is 0.214. The van der Waals surface area contributed by atoms with E-state index in [1.165, 1.54) is 17.5 Å². The van der Waals surface area contributed by atoms with Crippen LogP contribution in [0.5, 0.6) is 0 Å². The van der Waals surface area contributed by atoms with Gasteiger partial charge in [0.15, 0.2) is 0 Å². The molecule has 0 amide bonds. The van der Waals surface area contributed by atoms with Crippen molar-refractivity contribution in [1.29, 1.82) is 0 Å². The maximum Gasteiger partial charge on any atom is 0.149 e. The number of aryl methyl sites for hydroxylation is 2. The summed E-state index contributed by atoms with van der Waals surface area (Å²) in [6.07, 6.45) is 2.26. The van der Waals surface area contributed by atoms with Crippen molar-refractivity contribution in [2.75, 3.05) is 0 Å². The Morgan fingerprint density at radius 1 is 1.10 bits per heavy atom. The van der Waals surface area contributed by atoms with E-state index in [2.05, 4.69) is 65.1 Å². The van der Waals surface area contributed by atoms with Gasteiger partial charge in [-0.05, 0) is 32.8 Å². The van der Waals surface area contributed by atoms with Gasteiger partial charge in [-0.2, -0.15) is 0 Å². The first-order chi connectivity index (χ1) is 9.65. The molecule has 1 aromatic heterocycles. The summed E-state index contributed by atoms with van der Waals surface area (Å²) in [5.41, 5.74) is 2.60. The molecule has 0 bridgehead atoms. The lowest BCUT2D eigenvalue weighted by molar-refractivity contribution is 0.459. The second-order valence-electron chi connectivity index (χ2n) is 5.75. The van der Waals surface area contributed by atoms with Crippen molar-refractivity contribution < 1.29 is 0 Å². The van der Waals surface area contributed by atoms with Crippen molar-refractivity contribution >= 4 is 0 Å². The molecule has 20 heavy (non-hydrogen) atoms. The van der Waals surface area contributed by atoms with Crippen LogP contribution in [0.25, 0.3) is 0 Å². The highest BCUT2D eigenvalue weighted by molar-refractivity contribution is 5.24. The molecule has 1 aliphatic heterocycles. The van der Waals surface area contributed by atoms with E-state index >= 15 is 0 Å². The molecule has 0 saturated carbocycles. The lowest BCUT2D eigenvalue weighted by Gasteiger charge is -2.20. The number of benzene rings is 1. The first-order valence-corrected chi connectivity index (χ1v) is 7.39. The molecule has 2 heterocycles. The highest BCUT2D eigenvalue weighted by Crippen LogP contribution is 2.22. The van der Waals surface area contributed by atoms with Crippen LogP contribution in [0, 0.1) is 6.92 Å². The molecule has 2 aromatic rings. The van der Waals surface area contributed by atoms with E-state index in [1.807, 2.05) is 0 Å². The van der Waals surface area contributed by atoms with E-state index in [4.69, 9.17) is 0 Å². The van der Waals surface area contributed by atoms with Crippen molar-refractivity contribution in [2.45, 2.75) is 52.2 Å². The third-order valence-corrected chi connectivity index (χ3v) is 4.10. The molecule has 0 saturated heterocycles.